The van der Waals surface area contributed by atoms with E-state index in [1.54, 1.807) is 0 Å². The minimum Gasteiger partial charge on any atom is -0.396 e. The predicted molar refractivity (Wildman–Crippen MR) is 89.0 cm³/mol. The van der Waals surface area contributed by atoms with Gasteiger partial charge in [0.2, 0.25) is 0 Å². The molecule has 0 aromatic carbocycles. The smallest absolute Gasteiger partial charge is 0.255 e. The molecule has 1 atom stereocenters. The van der Waals surface area contributed by atoms with Gasteiger partial charge in [0, 0.05) is 36.4 Å². The summed E-state index contributed by atoms with van der Waals surface area (Å²) in [4.78, 5) is 14.7. The summed E-state index contributed by atoms with van der Waals surface area (Å²) in [5.74, 6) is 0.0941. The van der Waals surface area contributed by atoms with Crippen LogP contribution in [0.3, 0.4) is 0 Å². The molecule has 1 N–H and O–H groups in total. The molecule has 1 aromatic heterocycles. The molecule has 22 heavy (non-hydrogen) atoms. The molecular weight excluding hydrogens is 276 g/mol. The molecule has 0 unspecified atom stereocenters. The Morgan fingerprint density at radius 3 is 2.68 bits per heavy atom. The number of carbonyl (C=O) groups excluding carboxylic acids is 1. The first-order chi connectivity index (χ1) is 10.3. The van der Waals surface area contributed by atoms with Crippen LogP contribution in [0.1, 0.15) is 63.7 Å². The van der Waals surface area contributed by atoms with Crippen molar-refractivity contribution in [3.8, 4) is 0 Å². The lowest BCUT2D eigenvalue weighted by molar-refractivity contribution is 0.0222. The number of nitrogens with zero attached hydrogens (tertiary/aromatic N) is 2. The number of hydrogen-bond donors (Lipinski definition) is 1. The fourth-order valence-electron chi connectivity index (χ4n) is 3.45. The van der Waals surface area contributed by atoms with Crippen LogP contribution in [0.4, 0.5) is 0 Å². The topological polar surface area (TPSA) is 45.5 Å². The van der Waals surface area contributed by atoms with Gasteiger partial charge in [0.1, 0.15) is 0 Å². The normalized spacial score (nSPS) is 22.9. The highest BCUT2D eigenvalue weighted by atomic mass is 16.3. The van der Waals surface area contributed by atoms with E-state index in [9.17, 15) is 9.90 Å². The first-order valence-corrected chi connectivity index (χ1v) is 8.40. The quantitative estimate of drug-likeness (QED) is 0.928. The van der Waals surface area contributed by atoms with Crippen LogP contribution in [-0.2, 0) is 5.54 Å². The first-order valence-electron chi connectivity index (χ1n) is 8.40. The van der Waals surface area contributed by atoms with Crippen molar-refractivity contribution in [3.05, 3.63) is 24.0 Å². The molecule has 0 spiro atoms. The van der Waals surface area contributed by atoms with E-state index in [4.69, 9.17) is 0 Å². The van der Waals surface area contributed by atoms with Crippen LogP contribution < -0.4 is 0 Å². The molecule has 2 rings (SSSR count). The second kappa shape index (κ2) is 6.45. The SMILES string of the molecule is CCC[C@]1(CO)CCCN(C(=O)c2ccn(C(C)(C)C)c2)C1. The third-order valence-corrected chi connectivity index (χ3v) is 4.78. The van der Waals surface area contributed by atoms with Crippen molar-refractivity contribution in [3.63, 3.8) is 0 Å². The van der Waals surface area contributed by atoms with Crippen LogP contribution in [0.15, 0.2) is 18.5 Å². The van der Waals surface area contributed by atoms with E-state index < -0.39 is 0 Å². The van der Waals surface area contributed by atoms with E-state index in [1.165, 1.54) is 0 Å². The van der Waals surface area contributed by atoms with Crippen LogP contribution in [0.2, 0.25) is 0 Å². The summed E-state index contributed by atoms with van der Waals surface area (Å²) in [6.45, 7) is 10.2. The average molecular weight is 306 g/mol. The average Bonchev–Trinajstić information content (AvgIpc) is 2.97. The van der Waals surface area contributed by atoms with Gasteiger partial charge in [0.25, 0.3) is 5.91 Å². The van der Waals surface area contributed by atoms with E-state index in [2.05, 4.69) is 32.3 Å². The van der Waals surface area contributed by atoms with Gasteiger partial charge in [-0.05, 0) is 46.1 Å². The van der Waals surface area contributed by atoms with Crippen molar-refractivity contribution in [2.24, 2.45) is 5.41 Å². The molecule has 1 aliphatic heterocycles. The lowest BCUT2D eigenvalue weighted by Crippen LogP contribution is -2.47. The summed E-state index contributed by atoms with van der Waals surface area (Å²) < 4.78 is 2.08. The minimum atomic E-state index is -0.102. The summed E-state index contributed by atoms with van der Waals surface area (Å²) in [5, 5.41) is 9.81. The van der Waals surface area contributed by atoms with Gasteiger partial charge in [-0.2, -0.15) is 0 Å². The second-order valence-electron chi connectivity index (χ2n) is 7.72. The second-order valence-corrected chi connectivity index (χ2v) is 7.72. The fraction of sp³-hybridized carbons (Fsp3) is 0.722. The predicted octanol–water partition coefficient (Wildman–Crippen LogP) is 3.26. The Kier molecular flexibility index (Phi) is 5.00. The van der Waals surface area contributed by atoms with E-state index >= 15 is 0 Å². The van der Waals surface area contributed by atoms with Crippen LogP contribution in [0, 0.1) is 5.41 Å². The number of aromatic nitrogens is 1. The molecule has 2 heterocycles. The van der Waals surface area contributed by atoms with Crippen LogP contribution in [0.25, 0.3) is 0 Å². The summed E-state index contributed by atoms with van der Waals surface area (Å²) in [6.07, 6.45) is 7.94. The largest absolute Gasteiger partial charge is 0.396 e. The number of aliphatic hydroxyl groups excluding tert-OH is 1. The highest BCUT2D eigenvalue weighted by Gasteiger charge is 2.36. The number of carbonyl (C=O) groups is 1. The maximum absolute atomic E-state index is 12.8. The molecular formula is C18H30N2O2. The highest BCUT2D eigenvalue weighted by Crippen LogP contribution is 2.34. The molecule has 124 valence electrons. The Morgan fingerprint density at radius 2 is 2.14 bits per heavy atom. The zero-order valence-corrected chi connectivity index (χ0v) is 14.4. The zero-order chi connectivity index (χ0) is 16.4. The molecule has 1 aliphatic rings. The molecule has 1 aromatic rings. The fourth-order valence-corrected chi connectivity index (χ4v) is 3.45. The van der Waals surface area contributed by atoms with Crippen LogP contribution >= 0.6 is 0 Å². The number of hydrogen-bond acceptors (Lipinski definition) is 2. The van der Waals surface area contributed by atoms with Crippen molar-refractivity contribution >= 4 is 5.91 Å². The standard InChI is InChI=1S/C18H30N2O2/c1-5-8-18(14-21)9-6-10-19(13-18)16(22)15-7-11-20(12-15)17(2,3)4/h7,11-12,21H,5-6,8-10,13-14H2,1-4H3/t18-/m0/s1. The first kappa shape index (κ1) is 17.1. The van der Waals surface area contributed by atoms with E-state index in [0.29, 0.717) is 6.54 Å². The molecule has 1 saturated heterocycles. The van der Waals surface area contributed by atoms with E-state index in [-0.39, 0.29) is 23.5 Å². The molecule has 0 bridgehead atoms. The molecule has 4 heteroatoms. The lowest BCUT2D eigenvalue weighted by Gasteiger charge is -2.41. The Balaban J connectivity index is 2.13. The number of piperidine rings is 1. The molecule has 1 amide bonds. The van der Waals surface area contributed by atoms with Crippen molar-refractivity contribution in [2.75, 3.05) is 19.7 Å². The minimum absolute atomic E-state index is 0.0164. The van der Waals surface area contributed by atoms with Crippen molar-refractivity contribution < 1.29 is 9.90 Å². The monoisotopic (exact) mass is 306 g/mol. The van der Waals surface area contributed by atoms with Gasteiger partial charge >= 0.3 is 0 Å². The van der Waals surface area contributed by atoms with Gasteiger partial charge in [-0.3, -0.25) is 4.79 Å². The summed E-state index contributed by atoms with van der Waals surface area (Å²) in [6, 6.07) is 1.91. The number of amides is 1. The van der Waals surface area contributed by atoms with Crippen molar-refractivity contribution in [2.45, 2.75) is 58.9 Å². The number of rotatable bonds is 4. The van der Waals surface area contributed by atoms with Crippen LogP contribution in [0.5, 0.6) is 0 Å². The van der Waals surface area contributed by atoms with E-state index in [0.717, 1.165) is 37.8 Å². The number of likely N-dealkylation sites (tertiary alicyclic amines) is 1. The Bertz CT molecular complexity index is 511. The van der Waals surface area contributed by atoms with Gasteiger partial charge in [-0.1, -0.05) is 13.3 Å². The summed E-state index contributed by atoms with van der Waals surface area (Å²) >= 11 is 0. The maximum Gasteiger partial charge on any atom is 0.255 e. The third-order valence-electron chi connectivity index (χ3n) is 4.78. The van der Waals surface area contributed by atoms with Crippen molar-refractivity contribution in [1.29, 1.82) is 0 Å². The Labute approximate surface area is 134 Å². The highest BCUT2D eigenvalue weighted by molar-refractivity contribution is 5.94. The van der Waals surface area contributed by atoms with Gasteiger partial charge in [0.15, 0.2) is 0 Å². The zero-order valence-electron chi connectivity index (χ0n) is 14.4. The Morgan fingerprint density at radius 1 is 1.41 bits per heavy atom. The summed E-state index contributed by atoms with van der Waals surface area (Å²) in [7, 11) is 0. The van der Waals surface area contributed by atoms with Crippen LogP contribution in [-0.4, -0.2) is 40.2 Å². The number of aliphatic hydroxyl groups is 1. The molecule has 0 radical (unpaired) electrons. The molecule has 4 nitrogen and oxygen atoms in total. The lowest BCUT2D eigenvalue weighted by atomic mass is 9.77. The van der Waals surface area contributed by atoms with E-state index in [1.807, 2.05) is 23.4 Å². The van der Waals surface area contributed by atoms with Gasteiger partial charge in [-0.25, -0.2) is 0 Å². The molecule has 0 saturated carbocycles. The Hall–Kier alpha value is -1.29. The summed E-state index contributed by atoms with van der Waals surface area (Å²) in [5.41, 5.74) is 0.632. The van der Waals surface area contributed by atoms with Gasteiger partial charge < -0.3 is 14.6 Å². The third kappa shape index (κ3) is 3.54. The molecule has 1 fully saturated rings. The molecule has 0 aliphatic carbocycles. The van der Waals surface area contributed by atoms with Crippen molar-refractivity contribution in [1.82, 2.24) is 9.47 Å². The maximum atomic E-state index is 12.8. The van der Waals surface area contributed by atoms with Gasteiger partial charge in [0.05, 0.1) is 12.2 Å². The van der Waals surface area contributed by atoms with Gasteiger partial charge in [-0.15, -0.1) is 0 Å².